The molecule has 1 heteroatoms. The fourth-order valence-corrected chi connectivity index (χ4v) is 1.37. The van der Waals surface area contributed by atoms with Crippen molar-refractivity contribution in [2.75, 3.05) is 19.6 Å². The molecule has 1 fully saturated rings. The van der Waals surface area contributed by atoms with Gasteiger partial charge in [0.25, 0.3) is 0 Å². The largest absolute Gasteiger partial charge is 0.303 e. The molecule has 1 heterocycles. The fourth-order valence-electron chi connectivity index (χ4n) is 1.37. The second kappa shape index (κ2) is 4.73. The zero-order valence-electron chi connectivity index (χ0n) is 7.10. The summed E-state index contributed by atoms with van der Waals surface area (Å²) < 4.78 is 0. The van der Waals surface area contributed by atoms with Gasteiger partial charge in [-0.15, -0.1) is 0 Å². The van der Waals surface area contributed by atoms with Gasteiger partial charge < -0.3 is 4.90 Å². The Morgan fingerprint density at radius 2 is 1.90 bits per heavy atom. The van der Waals surface area contributed by atoms with Gasteiger partial charge in [-0.2, -0.15) is 0 Å². The molecule has 0 bridgehead atoms. The molecule has 0 aromatic carbocycles. The van der Waals surface area contributed by atoms with E-state index in [-0.39, 0.29) is 0 Å². The van der Waals surface area contributed by atoms with Crippen LogP contribution in [0.2, 0.25) is 0 Å². The van der Waals surface area contributed by atoms with Crippen LogP contribution in [0.25, 0.3) is 0 Å². The highest BCUT2D eigenvalue weighted by Crippen LogP contribution is 2.08. The molecule has 0 aromatic rings. The summed E-state index contributed by atoms with van der Waals surface area (Å²) >= 11 is 0. The van der Waals surface area contributed by atoms with E-state index in [0.29, 0.717) is 0 Å². The monoisotopic (exact) mass is 141 g/mol. The van der Waals surface area contributed by atoms with E-state index in [1.54, 1.807) is 0 Å². The Morgan fingerprint density at radius 1 is 1.10 bits per heavy atom. The molecule has 0 spiro atoms. The quantitative estimate of drug-likeness (QED) is 0.531. The zero-order chi connectivity index (χ0) is 7.23. The molecule has 0 unspecified atom stereocenters. The van der Waals surface area contributed by atoms with Gasteiger partial charge in [-0.3, -0.25) is 0 Å². The Kier molecular flexibility index (Phi) is 3.81. The Hall–Kier alpha value is -0.0400. The highest BCUT2D eigenvalue weighted by Gasteiger charge is 2.11. The summed E-state index contributed by atoms with van der Waals surface area (Å²) in [6, 6.07) is 0. The van der Waals surface area contributed by atoms with E-state index in [1.165, 1.54) is 51.7 Å². The Bertz CT molecular complexity index is 76.8. The zero-order valence-corrected chi connectivity index (χ0v) is 7.10. The van der Waals surface area contributed by atoms with E-state index in [1.807, 2.05) is 0 Å². The lowest BCUT2D eigenvalue weighted by Crippen LogP contribution is -2.37. The van der Waals surface area contributed by atoms with Gasteiger partial charge in [-0.25, -0.2) is 0 Å². The topological polar surface area (TPSA) is 3.24 Å². The van der Waals surface area contributed by atoms with Crippen LogP contribution in [-0.4, -0.2) is 24.5 Å². The van der Waals surface area contributed by atoms with Crippen molar-refractivity contribution < 1.29 is 0 Å². The van der Waals surface area contributed by atoms with E-state index in [4.69, 9.17) is 0 Å². The lowest BCUT2D eigenvalue weighted by atomic mass is 10.1. The van der Waals surface area contributed by atoms with Gasteiger partial charge in [0, 0.05) is 0 Å². The molecule has 1 nitrogen and oxygen atoms in total. The van der Waals surface area contributed by atoms with Crippen molar-refractivity contribution >= 4 is 0 Å². The van der Waals surface area contributed by atoms with Crippen LogP contribution in [0.4, 0.5) is 0 Å². The van der Waals surface area contributed by atoms with Gasteiger partial charge in [0.15, 0.2) is 0 Å². The van der Waals surface area contributed by atoms with Crippen molar-refractivity contribution in [3.05, 3.63) is 0 Å². The first kappa shape index (κ1) is 8.06. The molecular formula is C9H19N. The maximum atomic E-state index is 2.55. The summed E-state index contributed by atoms with van der Waals surface area (Å²) in [6.07, 6.45) is 7.09. The first-order chi connectivity index (χ1) is 4.93. The van der Waals surface area contributed by atoms with Gasteiger partial charge in [-0.1, -0.05) is 26.2 Å². The maximum absolute atomic E-state index is 2.55. The minimum atomic E-state index is 1.36. The summed E-state index contributed by atoms with van der Waals surface area (Å²) in [5.41, 5.74) is 0. The molecule has 10 heavy (non-hydrogen) atoms. The van der Waals surface area contributed by atoms with Crippen LogP contribution in [-0.2, 0) is 0 Å². The van der Waals surface area contributed by atoms with Crippen LogP contribution in [0.5, 0.6) is 0 Å². The number of nitrogens with zero attached hydrogens (tertiary/aromatic N) is 1. The van der Waals surface area contributed by atoms with Crippen molar-refractivity contribution in [2.45, 2.75) is 39.0 Å². The minimum Gasteiger partial charge on any atom is -0.303 e. The van der Waals surface area contributed by atoms with Crippen molar-refractivity contribution in [1.29, 1.82) is 0 Å². The lowest BCUT2D eigenvalue weighted by molar-refractivity contribution is 0.178. The highest BCUT2D eigenvalue weighted by molar-refractivity contribution is 4.67. The Labute approximate surface area is 64.4 Å². The van der Waals surface area contributed by atoms with Crippen molar-refractivity contribution in [1.82, 2.24) is 4.90 Å². The van der Waals surface area contributed by atoms with E-state index < -0.39 is 0 Å². The van der Waals surface area contributed by atoms with Gasteiger partial charge >= 0.3 is 0 Å². The average Bonchev–Trinajstić information content (AvgIpc) is 1.84. The molecule has 0 aliphatic carbocycles. The van der Waals surface area contributed by atoms with Gasteiger partial charge in [0.1, 0.15) is 0 Å². The minimum absolute atomic E-state index is 1.36. The summed E-state index contributed by atoms with van der Waals surface area (Å²) in [7, 11) is 0. The van der Waals surface area contributed by atoms with E-state index >= 15 is 0 Å². The van der Waals surface area contributed by atoms with Crippen molar-refractivity contribution in [2.24, 2.45) is 0 Å². The Morgan fingerprint density at radius 3 is 2.40 bits per heavy atom. The fraction of sp³-hybridized carbons (Fsp3) is 1.00. The molecule has 0 aromatic heterocycles. The highest BCUT2D eigenvalue weighted by atomic mass is 15.2. The molecule has 60 valence electrons. The predicted molar refractivity (Wildman–Crippen MR) is 45.2 cm³/mol. The smallest absolute Gasteiger partial charge is 0.000654 e. The van der Waals surface area contributed by atoms with Gasteiger partial charge in [0.2, 0.25) is 0 Å². The maximum Gasteiger partial charge on any atom is -0.000654 e. The van der Waals surface area contributed by atoms with Crippen LogP contribution in [0.15, 0.2) is 0 Å². The molecule has 0 saturated carbocycles. The van der Waals surface area contributed by atoms with Crippen LogP contribution in [0.1, 0.15) is 39.0 Å². The summed E-state index contributed by atoms with van der Waals surface area (Å²) in [5, 5.41) is 0. The SMILES string of the molecule is CCCCCCN1CCC1. The van der Waals surface area contributed by atoms with Crippen LogP contribution >= 0.6 is 0 Å². The molecule has 0 N–H and O–H groups in total. The standard InChI is InChI=1S/C9H19N/c1-2-3-4-5-7-10-8-6-9-10/h2-9H2,1H3. The molecule has 0 amide bonds. The molecule has 1 saturated heterocycles. The van der Waals surface area contributed by atoms with E-state index in [0.717, 1.165) is 0 Å². The first-order valence-electron chi connectivity index (χ1n) is 4.66. The van der Waals surface area contributed by atoms with Gasteiger partial charge in [-0.05, 0) is 32.5 Å². The Balaban J connectivity index is 1.76. The lowest BCUT2D eigenvalue weighted by Gasteiger charge is -2.30. The summed E-state index contributed by atoms with van der Waals surface area (Å²) in [4.78, 5) is 2.55. The molecule has 1 rings (SSSR count). The molecule has 0 radical (unpaired) electrons. The molecule has 1 aliphatic heterocycles. The molecule has 1 aliphatic rings. The number of hydrogen-bond acceptors (Lipinski definition) is 1. The number of likely N-dealkylation sites (tertiary alicyclic amines) is 1. The average molecular weight is 141 g/mol. The number of rotatable bonds is 5. The summed E-state index contributed by atoms with van der Waals surface area (Å²) in [5.74, 6) is 0. The molecular weight excluding hydrogens is 122 g/mol. The van der Waals surface area contributed by atoms with Crippen molar-refractivity contribution in [3.8, 4) is 0 Å². The summed E-state index contributed by atoms with van der Waals surface area (Å²) in [6.45, 7) is 6.36. The second-order valence-electron chi connectivity index (χ2n) is 3.26. The third-order valence-electron chi connectivity index (χ3n) is 2.28. The normalized spacial score (nSPS) is 18.9. The molecule has 0 atom stereocenters. The van der Waals surface area contributed by atoms with Crippen molar-refractivity contribution in [3.63, 3.8) is 0 Å². The third kappa shape index (κ3) is 2.70. The van der Waals surface area contributed by atoms with Crippen LogP contribution < -0.4 is 0 Å². The second-order valence-corrected chi connectivity index (χ2v) is 3.26. The predicted octanol–water partition coefficient (Wildman–Crippen LogP) is 2.27. The number of unbranched alkanes of at least 4 members (excludes halogenated alkanes) is 3. The number of hydrogen-bond donors (Lipinski definition) is 0. The van der Waals surface area contributed by atoms with Crippen LogP contribution in [0.3, 0.4) is 0 Å². The van der Waals surface area contributed by atoms with E-state index in [2.05, 4.69) is 11.8 Å². The third-order valence-corrected chi connectivity index (χ3v) is 2.28. The van der Waals surface area contributed by atoms with Gasteiger partial charge in [0.05, 0.1) is 0 Å². The first-order valence-corrected chi connectivity index (χ1v) is 4.66. The van der Waals surface area contributed by atoms with E-state index in [9.17, 15) is 0 Å². The van der Waals surface area contributed by atoms with Crippen LogP contribution in [0, 0.1) is 0 Å².